The lowest BCUT2D eigenvalue weighted by Crippen LogP contribution is -2.27. The maximum Gasteiger partial charge on any atom is 0.253 e. The van der Waals surface area contributed by atoms with Gasteiger partial charge in [0.1, 0.15) is 5.84 Å². The molecule has 1 aromatic carbocycles. The second kappa shape index (κ2) is 4.97. The number of aryl methyl sites for hydroxylation is 1. The molecule has 5 heteroatoms. The quantitative estimate of drug-likeness (QED) is 0.386. The highest BCUT2D eigenvalue weighted by molar-refractivity contribution is 6.20. The second-order valence-electron chi connectivity index (χ2n) is 3.28. The highest BCUT2D eigenvalue weighted by Gasteiger charge is 2.08. The van der Waals surface area contributed by atoms with Gasteiger partial charge in [-0.25, -0.2) is 4.99 Å². The minimum Gasteiger partial charge on any atom is -0.404 e. The number of rotatable bonds is 3. The molecule has 84 valence electrons. The minimum absolute atomic E-state index is 0.0144. The van der Waals surface area contributed by atoms with E-state index in [-0.39, 0.29) is 11.4 Å². The second-order valence-corrected chi connectivity index (χ2v) is 3.28. The molecule has 0 bridgehead atoms. The molecule has 0 fully saturated rings. The van der Waals surface area contributed by atoms with E-state index in [1.807, 2.05) is 25.1 Å². The number of carbonyl (C=O) groups excluding carboxylic acids is 1. The van der Waals surface area contributed by atoms with E-state index in [1.54, 1.807) is 6.07 Å². The Balaban J connectivity index is 3.05. The standard InChI is InChI=1S/C11H14N4O/c1-7-3-2-4-8(5-7)15-10(13)9(6-12)11(14)16/h2-6H,12H2,1H3,(H2,13,15)(H2,14,16). The van der Waals surface area contributed by atoms with Gasteiger partial charge in [-0.3, -0.25) is 4.79 Å². The number of hydrogen-bond acceptors (Lipinski definition) is 3. The first kappa shape index (κ1) is 11.8. The zero-order valence-corrected chi connectivity index (χ0v) is 8.97. The fraction of sp³-hybridized carbons (Fsp3) is 0.0909. The van der Waals surface area contributed by atoms with Crippen molar-refractivity contribution >= 4 is 17.4 Å². The van der Waals surface area contributed by atoms with Crippen molar-refractivity contribution < 1.29 is 4.79 Å². The summed E-state index contributed by atoms with van der Waals surface area (Å²) in [6, 6.07) is 7.39. The largest absolute Gasteiger partial charge is 0.404 e. The Bertz CT molecular complexity index is 463. The zero-order chi connectivity index (χ0) is 12.1. The first-order valence-corrected chi connectivity index (χ1v) is 4.67. The van der Waals surface area contributed by atoms with Crippen LogP contribution in [-0.2, 0) is 4.79 Å². The third-order valence-corrected chi connectivity index (χ3v) is 1.96. The van der Waals surface area contributed by atoms with Gasteiger partial charge in [0.2, 0.25) is 0 Å². The normalized spacial score (nSPS) is 12.6. The van der Waals surface area contributed by atoms with Gasteiger partial charge in [0.05, 0.1) is 11.3 Å². The van der Waals surface area contributed by atoms with Crippen LogP contribution in [0.25, 0.3) is 0 Å². The van der Waals surface area contributed by atoms with Crippen molar-refractivity contribution in [2.75, 3.05) is 0 Å². The molecule has 0 aliphatic carbocycles. The van der Waals surface area contributed by atoms with Crippen LogP contribution in [0.1, 0.15) is 5.56 Å². The molecule has 0 aliphatic heterocycles. The molecule has 0 atom stereocenters. The summed E-state index contributed by atoms with van der Waals surface area (Å²) >= 11 is 0. The third-order valence-electron chi connectivity index (χ3n) is 1.96. The molecule has 0 aliphatic rings. The zero-order valence-electron chi connectivity index (χ0n) is 8.97. The molecular weight excluding hydrogens is 204 g/mol. The number of aliphatic imine (C=N–C) groups is 1. The van der Waals surface area contributed by atoms with Crippen molar-refractivity contribution in [2.24, 2.45) is 22.2 Å². The van der Waals surface area contributed by atoms with Crippen LogP contribution < -0.4 is 17.2 Å². The van der Waals surface area contributed by atoms with Crippen LogP contribution in [-0.4, -0.2) is 11.7 Å². The third kappa shape index (κ3) is 2.84. The van der Waals surface area contributed by atoms with E-state index in [1.165, 1.54) is 0 Å². The fourth-order valence-electron chi connectivity index (χ4n) is 1.19. The molecule has 0 saturated carbocycles. The minimum atomic E-state index is -0.698. The monoisotopic (exact) mass is 218 g/mol. The molecule has 1 rings (SSSR count). The van der Waals surface area contributed by atoms with Crippen LogP contribution in [0.5, 0.6) is 0 Å². The van der Waals surface area contributed by atoms with Crippen molar-refractivity contribution in [1.82, 2.24) is 0 Å². The van der Waals surface area contributed by atoms with Gasteiger partial charge < -0.3 is 17.2 Å². The van der Waals surface area contributed by atoms with Crippen molar-refractivity contribution in [1.29, 1.82) is 0 Å². The number of hydrogen-bond donors (Lipinski definition) is 3. The van der Waals surface area contributed by atoms with E-state index in [2.05, 4.69) is 4.99 Å². The average Bonchev–Trinajstić information content (AvgIpc) is 2.17. The van der Waals surface area contributed by atoms with Crippen LogP contribution in [0.15, 0.2) is 41.0 Å². The molecule has 0 saturated heterocycles. The molecule has 6 N–H and O–H groups in total. The highest BCUT2D eigenvalue weighted by atomic mass is 16.1. The predicted octanol–water partition coefficient (Wildman–Crippen LogP) is 0.312. The van der Waals surface area contributed by atoms with Gasteiger partial charge in [0.15, 0.2) is 0 Å². The molecule has 0 unspecified atom stereocenters. The first-order valence-electron chi connectivity index (χ1n) is 4.67. The van der Waals surface area contributed by atoms with Gasteiger partial charge in [-0.2, -0.15) is 0 Å². The summed E-state index contributed by atoms with van der Waals surface area (Å²) in [4.78, 5) is 15.0. The summed E-state index contributed by atoms with van der Waals surface area (Å²) in [5.74, 6) is -0.683. The lowest BCUT2D eigenvalue weighted by molar-refractivity contribution is -0.114. The van der Waals surface area contributed by atoms with Gasteiger partial charge in [-0.15, -0.1) is 0 Å². The van der Waals surface area contributed by atoms with Crippen LogP contribution in [0.4, 0.5) is 5.69 Å². The Morgan fingerprint density at radius 1 is 1.38 bits per heavy atom. The topological polar surface area (TPSA) is 107 Å². The summed E-state index contributed by atoms with van der Waals surface area (Å²) in [6.07, 6.45) is 1.05. The fourth-order valence-corrected chi connectivity index (χ4v) is 1.19. The number of benzene rings is 1. The lowest BCUT2D eigenvalue weighted by atomic mass is 10.2. The van der Waals surface area contributed by atoms with E-state index in [0.29, 0.717) is 5.69 Å². The highest BCUT2D eigenvalue weighted by Crippen LogP contribution is 2.14. The summed E-state index contributed by atoms with van der Waals surface area (Å²) in [5.41, 5.74) is 17.6. The van der Waals surface area contributed by atoms with Gasteiger partial charge in [-0.1, -0.05) is 12.1 Å². The van der Waals surface area contributed by atoms with Gasteiger partial charge in [-0.05, 0) is 24.6 Å². The van der Waals surface area contributed by atoms with E-state index in [9.17, 15) is 4.79 Å². The first-order chi connectivity index (χ1) is 7.54. The molecule has 5 nitrogen and oxygen atoms in total. The Hall–Kier alpha value is -2.30. The van der Waals surface area contributed by atoms with Crippen LogP contribution in [0.2, 0.25) is 0 Å². The number of nitrogens with two attached hydrogens (primary N) is 3. The summed E-state index contributed by atoms with van der Waals surface area (Å²) in [5, 5.41) is 0. The Morgan fingerprint density at radius 3 is 2.56 bits per heavy atom. The molecule has 1 amide bonds. The van der Waals surface area contributed by atoms with E-state index in [0.717, 1.165) is 11.8 Å². The predicted molar refractivity (Wildman–Crippen MR) is 63.9 cm³/mol. The molecular formula is C11H14N4O. The smallest absolute Gasteiger partial charge is 0.253 e. The van der Waals surface area contributed by atoms with Crippen molar-refractivity contribution in [3.05, 3.63) is 41.6 Å². The Morgan fingerprint density at radius 2 is 2.06 bits per heavy atom. The van der Waals surface area contributed by atoms with E-state index >= 15 is 0 Å². The van der Waals surface area contributed by atoms with Crippen LogP contribution in [0.3, 0.4) is 0 Å². The van der Waals surface area contributed by atoms with Gasteiger partial charge in [0, 0.05) is 6.20 Å². The van der Waals surface area contributed by atoms with E-state index in [4.69, 9.17) is 17.2 Å². The SMILES string of the molecule is Cc1cccc(N=C(N)C(=CN)C(N)=O)c1. The molecule has 1 aromatic rings. The number of carbonyl (C=O) groups is 1. The van der Waals surface area contributed by atoms with Gasteiger partial charge >= 0.3 is 0 Å². The van der Waals surface area contributed by atoms with Crippen molar-refractivity contribution in [3.63, 3.8) is 0 Å². The summed E-state index contributed by atoms with van der Waals surface area (Å²) < 4.78 is 0. The molecule has 0 spiro atoms. The Labute approximate surface area is 93.6 Å². The average molecular weight is 218 g/mol. The maximum absolute atomic E-state index is 10.9. The van der Waals surface area contributed by atoms with Gasteiger partial charge in [0.25, 0.3) is 5.91 Å². The number of amides is 1. The molecule has 0 aromatic heterocycles. The summed E-state index contributed by atoms with van der Waals surface area (Å²) in [6.45, 7) is 1.93. The van der Waals surface area contributed by atoms with Crippen molar-refractivity contribution in [3.8, 4) is 0 Å². The Kier molecular flexibility index (Phi) is 3.66. The molecule has 0 radical (unpaired) electrons. The number of nitrogens with zero attached hydrogens (tertiary/aromatic N) is 1. The maximum atomic E-state index is 10.9. The lowest BCUT2D eigenvalue weighted by Gasteiger charge is -2.02. The van der Waals surface area contributed by atoms with E-state index < -0.39 is 5.91 Å². The number of amidine groups is 1. The molecule has 0 heterocycles. The number of primary amides is 1. The van der Waals surface area contributed by atoms with Crippen LogP contribution >= 0.6 is 0 Å². The van der Waals surface area contributed by atoms with Crippen LogP contribution in [0, 0.1) is 6.92 Å². The molecule has 16 heavy (non-hydrogen) atoms. The van der Waals surface area contributed by atoms with Crippen molar-refractivity contribution in [2.45, 2.75) is 6.92 Å². The summed E-state index contributed by atoms with van der Waals surface area (Å²) in [7, 11) is 0.